The van der Waals surface area contributed by atoms with Gasteiger partial charge in [-0.05, 0) is 13.8 Å². The lowest BCUT2D eigenvalue weighted by molar-refractivity contribution is -0.292. The first-order valence-electron chi connectivity index (χ1n) is 12.2. The van der Waals surface area contributed by atoms with Crippen LogP contribution in [0.3, 0.4) is 0 Å². The number of hydrogen-bond acceptors (Lipinski definition) is 13. The van der Waals surface area contributed by atoms with E-state index in [2.05, 4.69) is 10.6 Å². The lowest BCUT2D eigenvalue weighted by Crippen LogP contribution is -2.57. The predicted octanol–water partition coefficient (Wildman–Crippen LogP) is -4.56. The van der Waals surface area contributed by atoms with Gasteiger partial charge >= 0.3 is 0 Å². The Labute approximate surface area is 214 Å². The minimum absolute atomic E-state index is 0.0294. The highest BCUT2D eigenvalue weighted by Gasteiger charge is 2.42. The summed E-state index contributed by atoms with van der Waals surface area (Å²) in [4.78, 5) is 36.7. The average molecular weight is 538 g/mol. The second-order valence-corrected chi connectivity index (χ2v) is 9.04. The van der Waals surface area contributed by atoms with Crippen LogP contribution in [0.25, 0.3) is 0 Å². The van der Waals surface area contributed by atoms with E-state index < -0.39 is 67.1 Å². The van der Waals surface area contributed by atoms with Crippen LogP contribution < -0.4 is 10.6 Å². The molecule has 2 fully saturated rings. The fraction of sp³-hybridized carbons (Fsp3) is 0.864. The van der Waals surface area contributed by atoms with Crippen molar-refractivity contribution in [2.45, 2.75) is 75.6 Å². The topological polar surface area (TPSA) is 217 Å². The van der Waals surface area contributed by atoms with Gasteiger partial charge in [-0.1, -0.05) is 0 Å². The summed E-state index contributed by atoms with van der Waals surface area (Å²) in [6.07, 6.45) is -8.55. The Morgan fingerprint density at radius 1 is 0.838 bits per heavy atom. The van der Waals surface area contributed by atoms with Crippen LogP contribution in [0.4, 0.5) is 0 Å². The van der Waals surface area contributed by atoms with Gasteiger partial charge in [-0.15, -0.1) is 0 Å². The number of rotatable bonds is 14. The van der Waals surface area contributed by atoms with Crippen molar-refractivity contribution in [1.82, 2.24) is 15.5 Å². The first kappa shape index (κ1) is 31.4. The van der Waals surface area contributed by atoms with Crippen molar-refractivity contribution in [2.75, 3.05) is 45.9 Å². The maximum Gasteiger partial charge on any atom is 0.234 e. The Balaban J connectivity index is 1.63. The zero-order chi connectivity index (χ0) is 27.5. The minimum Gasteiger partial charge on any atom is -0.390 e. The summed E-state index contributed by atoms with van der Waals surface area (Å²) < 4.78 is 21.4. The lowest BCUT2D eigenvalue weighted by Gasteiger charge is -2.38. The molecule has 0 radical (unpaired) electrons. The zero-order valence-electron chi connectivity index (χ0n) is 21.0. The van der Waals surface area contributed by atoms with Gasteiger partial charge in [-0.2, -0.15) is 0 Å². The van der Waals surface area contributed by atoms with Crippen molar-refractivity contribution < 1.29 is 58.9 Å². The molecule has 7 N–H and O–H groups in total. The normalized spacial score (nSPS) is 34.2. The van der Waals surface area contributed by atoms with Crippen LogP contribution in [0, 0.1) is 0 Å². The molecule has 2 aliphatic rings. The number of aliphatic hydroxyl groups is 5. The molecule has 37 heavy (non-hydrogen) atoms. The summed E-state index contributed by atoms with van der Waals surface area (Å²) in [5.41, 5.74) is 0. The van der Waals surface area contributed by atoms with Crippen molar-refractivity contribution in [2.24, 2.45) is 0 Å². The number of nitrogens with zero attached hydrogens (tertiary/aromatic N) is 1. The number of carbonyl (C=O) groups is 3. The maximum atomic E-state index is 12.2. The largest absolute Gasteiger partial charge is 0.390 e. The molecule has 2 heterocycles. The first-order valence-corrected chi connectivity index (χ1v) is 12.2. The van der Waals surface area contributed by atoms with Crippen molar-refractivity contribution in [3.63, 3.8) is 0 Å². The number of carbonyl (C=O) groups excluding carboxylic acids is 3. The molecule has 2 amide bonds. The molecule has 9 atom stereocenters. The van der Waals surface area contributed by atoms with Crippen LogP contribution in [-0.2, 0) is 33.3 Å². The Morgan fingerprint density at radius 2 is 1.38 bits per heavy atom. The fourth-order valence-corrected chi connectivity index (χ4v) is 3.78. The first-order chi connectivity index (χ1) is 17.5. The quantitative estimate of drug-likeness (QED) is 0.0821. The molecule has 15 nitrogen and oxygen atoms in total. The Morgan fingerprint density at radius 3 is 1.95 bits per heavy atom. The SMILES string of the molecule is CC1OC(OCCNC(=O)CN(CC=O)CC(=O)NCCOC2OC(C)C(O)C(O)C2O)C(O)CC1O. The molecule has 2 rings (SSSR count). The van der Waals surface area contributed by atoms with Gasteiger partial charge in [-0.3, -0.25) is 14.5 Å². The van der Waals surface area contributed by atoms with Crippen LogP contribution in [0.15, 0.2) is 0 Å². The molecule has 214 valence electrons. The van der Waals surface area contributed by atoms with Crippen LogP contribution >= 0.6 is 0 Å². The van der Waals surface area contributed by atoms with Gasteiger partial charge in [0.2, 0.25) is 11.8 Å². The molecule has 2 saturated heterocycles. The highest BCUT2D eigenvalue weighted by molar-refractivity contribution is 5.81. The van der Waals surface area contributed by atoms with Crippen LogP contribution in [0.1, 0.15) is 20.3 Å². The van der Waals surface area contributed by atoms with E-state index >= 15 is 0 Å². The Hall–Kier alpha value is -1.79. The second kappa shape index (κ2) is 15.6. The summed E-state index contributed by atoms with van der Waals surface area (Å²) >= 11 is 0. The number of hydrogen-bond donors (Lipinski definition) is 7. The van der Waals surface area contributed by atoms with Gasteiger partial charge in [0.25, 0.3) is 0 Å². The van der Waals surface area contributed by atoms with Gasteiger partial charge in [-0.25, -0.2) is 0 Å². The molecule has 0 saturated carbocycles. The zero-order valence-corrected chi connectivity index (χ0v) is 21.0. The van der Waals surface area contributed by atoms with Gasteiger partial charge < -0.3 is 59.9 Å². The molecule has 0 aromatic rings. The summed E-state index contributed by atoms with van der Waals surface area (Å²) in [6, 6.07) is 0. The van der Waals surface area contributed by atoms with Gasteiger partial charge in [0.15, 0.2) is 12.6 Å². The average Bonchev–Trinajstić information content (AvgIpc) is 2.84. The van der Waals surface area contributed by atoms with E-state index in [1.807, 2.05) is 0 Å². The number of aldehydes is 1. The summed E-state index contributed by atoms with van der Waals surface area (Å²) in [5, 5.41) is 54.1. The molecule has 0 bridgehead atoms. The smallest absolute Gasteiger partial charge is 0.234 e. The number of ether oxygens (including phenoxy) is 4. The minimum atomic E-state index is -1.45. The van der Waals surface area contributed by atoms with Gasteiger partial charge in [0.1, 0.15) is 30.7 Å². The van der Waals surface area contributed by atoms with Crippen molar-refractivity contribution in [3.8, 4) is 0 Å². The van der Waals surface area contributed by atoms with Crippen molar-refractivity contribution >= 4 is 18.1 Å². The summed E-state index contributed by atoms with van der Waals surface area (Å²) in [7, 11) is 0. The van der Waals surface area contributed by atoms with Crippen LogP contribution in [-0.4, -0.2) is 150 Å². The third kappa shape index (κ3) is 10.1. The third-order valence-electron chi connectivity index (χ3n) is 5.98. The van der Waals surface area contributed by atoms with Gasteiger partial charge in [0.05, 0.1) is 51.2 Å². The standard InChI is InChI=1S/C22H39N3O12/c1-12-14(27)9-15(28)21(36-12)34-7-3-23-16(29)10-25(5-6-26)11-17(30)24-4-8-35-22-20(33)19(32)18(31)13(2)37-22/h6,12-15,18-22,27-28,31-33H,3-5,7-11H2,1-2H3,(H,23,29)(H,24,30). The summed E-state index contributed by atoms with van der Waals surface area (Å²) in [5.74, 6) is -0.927. The van der Waals surface area contributed by atoms with E-state index in [1.54, 1.807) is 6.92 Å². The van der Waals surface area contributed by atoms with E-state index in [1.165, 1.54) is 11.8 Å². The van der Waals surface area contributed by atoms with Crippen LogP contribution in [0.2, 0.25) is 0 Å². The molecule has 0 aromatic heterocycles. The second-order valence-electron chi connectivity index (χ2n) is 9.04. The molecular weight excluding hydrogens is 498 g/mol. The van der Waals surface area contributed by atoms with E-state index in [-0.39, 0.29) is 52.4 Å². The third-order valence-corrected chi connectivity index (χ3v) is 5.98. The van der Waals surface area contributed by atoms with E-state index in [0.717, 1.165) is 0 Å². The van der Waals surface area contributed by atoms with E-state index in [0.29, 0.717) is 6.29 Å². The van der Waals surface area contributed by atoms with Crippen molar-refractivity contribution in [3.05, 3.63) is 0 Å². The Kier molecular flexibility index (Phi) is 13.2. The van der Waals surface area contributed by atoms with Crippen LogP contribution in [0.5, 0.6) is 0 Å². The number of amides is 2. The molecule has 0 aliphatic carbocycles. The predicted molar refractivity (Wildman–Crippen MR) is 124 cm³/mol. The molecule has 2 aliphatic heterocycles. The van der Waals surface area contributed by atoms with Crippen molar-refractivity contribution in [1.29, 1.82) is 0 Å². The summed E-state index contributed by atoms with van der Waals surface area (Å²) in [6.45, 7) is 2.66. The molecule has 0 aromatic carbocycles. The molecule has 15 heteroatoms. The number of nitrogens with one attached hydrogen (secondary N) is 2. The highest BCUT2D eigenvalue weighted by Crippen LogP contribution is 2.22. The van der Waals surface area contributed by atoms with Gasteiger partial charge in [0, 0.05) is 19.5 Å². The molecular formula is C22H39N3O12. The highest BCUT2D eigenvalue weighted by atomic mass is 16.7. The maximum absolute atomic E-state index is 12.2. The van der Waals surface area contributed by atoms with E-state index in [4.69, 9.17) is 18.9 Å². The monoisotopic (exact) mass is 537 g/mol. The Bertz CT molecular complexity index is 731. The number of aliphatic hydroxyl groups excluding tert-OH is 5. The molecule has 9 unspecified atom stereocenters. The fourth-order valence-electron chi connectivity index (χ4n) is 3.78. The lowest BCUT2D eigenvalue weighted by atomic mass is 10.0. The van der Waals surface area contributed by atoms with E-state index in [9.17, 15) is 39.9 Å². The molecule has 0 spiro atoms.